The zero-order valence-electron chi connectivity index (χ0n) is 79.5. The van der Waals surface area contributed by atoms with Crippen LogP contribution >= 0.6 is 47.4 Å². The van der Waals surface area contributed by atoms with Crippen LogP contribution in [0, 0.1) is 17.5 Å². The van der Waals surface area contributed by atoms with E-state index in [1.807, 2.05) is 130 Å². The first-order valence-corrected chi connectivity index (χ1v) is 64.4. The first-order valence-electron chi connectivity index (χ1n) is 45.7. The number of hydrogen-bond acceptors (Lipinski definition) is 27. The topological polar surface area (TPSA) is 370 Å². The Kier molecular flexibility index (Phi) is 51.5. The van der Waals surface area contributed by atoms with Gasteiger partial charge in [0.2, 0.25) is 0 Å². The van der Waals surface area contributed by atoms with Gasteiger partial charge in [-0.25, -0.2) is 27.8 Å². The van der Waals surface area contributed by atoms with Crippen molar-refractivity contribution in [3.05, 3.63) is 302 Å². The van der Waals surface area contributed by atoms with Crippen molar-refractivity contribution in [2.45, 2.75) is 149 Å². The third-order valence-corrected chi connectivity index (χ3v) is 23.3. The van der Waals surface area contributed by atoms with Gasteiger partial charge in [0, 0.05) is 202 Å². The number of rotatable bonds is 27. The zero-order valence-corrected chi connectivity index (χ0v) is 92.9. The SMILES string of the molecule is C.CC1(C)OB(c2cnn(CCOC3CCCCO3)c2)OC1(C)C.Clc1cc(-c2cncc(-c3cnn(CCOC4CCCCO4)c3)c2)ccn1.Clc1cc(-c2cncc(Br)c2)ccn1.Fc1ccccc1-c1cc(-c2cncc(-c3cnn(CCOC4CCCCO4)c3)c2)ccn1.O=[P+]([O-])O[O-].OCCn1cc(-c2cncc(-c3ccnc(-c4ccccc4F)c3)c2)cn1.O[B]Oc1ccccc1F.[K+].[K][K]. The fourth-order valence-electron chi connectivity index (χ4n) is 14.4. The summed E-state index contributed by atoms with van der Waals surface area (Å²) in [5, 5.41) is 44.1. The van der Waals surface area contributed by atoms with E-state index >= 15 is 0 Å². The molecule has 16 heterocycles. The maximum absolute atomic E-state index is 14.2. The van der Waals surface area contributed by atoms with Crippen LogP contribution in [0.15, 0.2) is 274 Å². The summed E-state index contributed by atoms with van der Waals surface area (Å²) >= 11 is 17.7. The van der Waals surface area contributed by atoms with Crippen molar-refractivity contribution in [1.82, 2.24) is 79.0 Å². The molecule has 12 aromatic heterocycles. The molecule has 143 heavy (non-hydrogen) atoms. The number of hydrogen-bond donors (Lipinski definition) is 2. The minimum atomic E-state index is -3.15. The second-order valence-electron chi connectivity index (χ2n) is 32.6. The first kappa shape index (κ1) is 118. The normalized spacial score (nSPS) is 15.4. The van der Waals surface area contributed by atoms with Crippen LogP contribution in [0.4, 0.5) is 13.2 Å². The maximum atomic E-state index is 14.2. The molecule has 4 saturated heterocycles. The van der Waals surface area contributed by atoms with Crippen LogP contribution < -0.4 is 71.7 Å². The molecule has 4 aliphatic heterocycles. The van der Waals surface area contributed by atoms with Gasteiger partial charge in [-0.2, -0.15) is 20.4 Å². The summed E-state index contributed by atoms with van der Waals surface area (Å²) in [7, 11) is -3.08. The van der Waals surface area contributed by atoms with Crippen molar-refractivity contribution in [3.8, 4) is 106 Å². The number of aromatic nitrogens is 16. The number of aliphatic hydroxyl groups is 1. The minimum absolute atomic E-state index is 0. The average molecular weight is 2150 g/mol. The summed E-state index contributed by atoms with van der Waals surface area (Å²) in [6, 6.07) is 42.2. The molecule has 1 radical (unpaired) electrons. The molecule has 4 fully saturated rings. The number of aliphatic hydroxyl groups excluding tert-OH is 1. The van der Waals surface area contributed by atoms with E-state index in [0.717, 1.165) is 153 Å². The van der Waals surface area contributed by atoms with Crippen LogP contribution in [0.1, 0.15) is 92.9 Å². The Balaban J connectivity index is 0.000000178. The van der Waals surface area contributed by atoms with Gasteiger partial charge in [0.15, 0.2) is 24.7 Å². The van der Waals surface area contributed by atoms with E-state index in [1.165, 1.54) is 100 Å². The van der Waals surface area contributed by atoms with Gasteiger partial charge in [-0.15, -0.1) is 0 Å². The molecule has 4 unspecified atom stereocenters. The first-order chi connectivity index (χ1) is 68.5. The van der Waals surface area contributed by atoms with Crippen LogP contribution in [0.2, 0.25) is 10.3 Å². The van der Waals surface area contributed by atoms with E-state index in [1.54, 1.807) is 121 Å². The number of benzene rings is 3. The summed E-state index contributed by atoms with van der Waals surface area (Å²) in [5.41, 5.74) is 15.8. The quantitative estimate of drug-likeness (QED) is 0.0159. The summed E-state index contributed by atoms with van der Waals surface area (Å²) in [4.78, 5) is 42.7. The summed E-state index contributed by atoms with van der Waals surface area (Å²) < 4.78 is 111. The van der Waals surface area contributed by atoms with Gasteiger partial charge >= 0.3 is 138 Å². The second kappa shape index (κ2) is 62.4. The molecule has 4 aliphatic rings. The number of pyridine rings is 8. The van der Waals surface area contributed by atoms with Gasteiger partial charge < -0.3 is 62.7 Å². The standard InChI is InChI=1S/C26H25FN4O2.C21H17FN4O.C20H21ClN4O2.C16H27BN2O4.C10H6BrClN2.C6H5BFO2.CH4.3K.HO4P/c27-24-6-2-1-5-23(24)25-14-19(8-9-29-25)20-13-21(16-28-15-20)22-17-30-31(18-22)10-12-33-26-7-3-4-11-32-26;22-20-4-2-1-3-19(20)21-10-15(5-6-24-21)16-9-17(12-23-11-16)18-13-25-26(14-18)7-8-27;21-19-10-15(4-5-23-19)16-9-17(12-22-11-16)18-13-24-25(14-18)6-8-27-20-3-1-2-7-26-20;1-15(2)16(3,4)23-17(22-15)13-11-18-19(12-13)8-10-21-14-7-5-6-9-20-14;11-9-3-8(5-13-6-9)7-1-2-14-10(12)4-7;8-5-3-1-2-4-6(5)10-7-9;;;;;1-4-5(2)3/h1-2,5-6,8-9,13-18,26H,3-4,7,10-12H2;1-6,9-14,27H,7-8H2;4-5,9-14,20H,1-3,6-8H2;11-12,14H,5-10H2,1-4H3;1-6H;1-4,9H;1H4;;;;1H/q;;;;;;;;;+1;/p-1. The fourth-order valence-corrected chi connectivity index (χ4v) is 15.1. The molecule has 0 spiro atoms. The van der Waals surface area contributed by atoms with E-state index in [4.69, 9.17) is 85.8 Å². The van der Waals surface area contributed by atoms with Crippen LogP contribution in [-0.2, 0) is 73.1 Å². The molecule has 43 heteroatoms. The van der Waals surface area contributed by atoms with Gasteiger partial charge in [0.1, 0.15) is 27.7 Å². The van der Waals surface area contributed by atoms with E-state index in [0.29, 0.717) is 86.5 Å². The van der Waals surface area contributed by atoms with Crippen LogP contribution in [0.5, 0.6) is 5.75 Å². The number of nitrogens with zero attached hydrogens (tertiary/aromatic N) is 16. The van der Waals surface area contributed by atoms with Crippen molar-refractivity contribution in [1.29, 1.82) is 0 Å². The van der Waals surface area contributed by atoms with Crippen LogP contribution in [-0.4, -0.2) is 243 Å². The summed E-state index contributed by atoms with van der Waals surface area (Å²) in [6.45, 7) is 14.8. The molecule has 0 amide bonds. The van der Waals surface area contributed by atoms with Gasteiger partial charge in [-0.1, -0.05) is 67.0 Å². The molecular formula is C100H105B2BrCl2F3K3N16O15P. The van der Waals surface area contributed by atoms with Crippen molar-refractivity contribution in [3.63, 3.8) is 0 Å². The molecule has 4 atom stereocenters. The third-order valence-electron chi connectivity index (χ3n) is 22.3. The third kappa shape index (κ3) is 37.9. The van der Waals surface area contributed by atoms with Gasteiger partial charge in [-0.3, -0.25) is 48.6 Å². The Labute approximate surface area is 937 Å². The van der Waals surface area contributed by atoms with E-state index in [9.17, 15) is 13.2 Å². The molecule has 731 valence electrons. The van der Waals surface area contributed by atoms with Crippen molar-refractivity contribution < 1.29 is 136 Å². The molecule has 31 nitrogen and oxygen atoms in total. The molecule has 3 aromatic carbocycles. The summed E-state index contributed by atoms with van der Waals surface area (Å²) in [5.74, 6) is -1.07. The average Bonchev–Trinajstić information content (AvgIpc) is 1.62. The summed E-state index contributed by atoms with van der Waals surface area (Å²) in [6.07, 6.45) is 45.7. The predicted octanol–water partition coefficient (Wildman–Crippen LogP) is 14.6. The van der Waals surface area contributed by atoms with Gasteiger partial charge in [0.25, 0.3) is 0 Å². The van der Waals surface area contributed by atoms with Crippen LogP contribution in [0.3, 0.4) is 0 Å². The van der Waals surface area contributed by atoms with E-state index in [2.05, 4.69) is 125 Å². The Morgan fingerprint density at radius 3 is 1.17 bits per heavy atom. The Morgan fingerprint density at radius 1 is 0.469 bits per heavy atom. The number of para-hydroxylation sites is 1. The second-order valence-corrected chi connectivity index (χ2v) is 34.9. The van der Waals surface area contributed by atoms with E-state index < -0.39 is 14.1 Å². The molecule has 19 rings (SSSR count). The number of ether oxygens (including phenoxy) is 6. The van der Waals surface area contributed by atoms with Crippen LogP contribution in [0.25, 0.3) is 100 Å². The fraction of sp³-hybridized carbons (Fsp3) is 0.300. The monoisotopic (exact) mass is 2150 g/mol. The molecular weight excluding hydrogens is 2040 g/mol. The van der Waals surface area contributed by atoms with Crippen molar-refractivity contribution >= 4 is 131 Å². The van der Waals surface area contributed by atoms with Gasteiger partial charge in [-0.05, 0) is 237 Å². The molecule has 2 N–H and O–H groups in total. The molecule has 0 saturated carbocycles. The Bertz CT molecular complexity index is 6350. The Hall–Kier alpha value is -7.03. The van der Waals surface area contributed by atoms with Crippen molar-refractivity contribution in [2.24, 2.45) is 0 Å². The predicted molar refractivity (Wildman–Crippen MR) is 538 cm³/mol. The number of halogens is 6. The van der Waals surface area contributed by atoms with E-state index in [-0.39, 0.29) is 120 Å². The zero-order chi connectivity index (χ0) is 99.7. The Morgan fingerprint density at radius 2 is 0.811 bits per heavy atom. The molecule has 15 aromatic rings. The van der Waals surface area contributed by atoms with Crippen molar-refractivity contribution in [2.75, 3.05) is 46.2 Å². The molecule has 0 aliphatic carbocycles. The molecule has 0 bridgehead atoms. The van der Waals surface area contributed by atoms with Gasteiger partial charge in [0.05, 0.1) is 93.8 Å².